The highest BCUT2D eigenvalue weighted by Gasteiger charge is 2.13. The SMILES string of the molecule is CC(C)c1nc(NCCc2csc(-c3ncccn3)n2)c2cnn(C)c2n1. The van der Waals surface area contributed by atoms with Gasteiger partial charge in [-0.15, -0.1) is 11.3 Å². The van der Waals surface area contributed by atoms with Crippen molar-refractivity contribution in [3.05, 3.63) is 41.6 Å². The zero-order chi connectivity index (χ0) is 18.8. The Bertz CT molecular complexity index is 1050. The average molecular weight is 380 g/mol. The lowest BCUT2D eigenvalue weighted by Gasteiger charge is -2.10. The smallest absolute Gasteiger partial charge is 0.188 e. The molecule has 9 heteroatoms. The highest BCUT2D eigenvalue weighted by Crippen LogP contribution is 2.23. The van der Waals surface area contributed by atoms with Crippen LogP contribution in [0.1, 0.15) is 31.3 Å². The van der Waals surface area contributed by atoms with Gasteiger partial charge in [-0.3, -0.25) is 4.68 Å². The lowest BCUT2D eigenvalue weighted by Crippen LogP contribution is -2.10. The van der Waals surface area contributed by atoms with Crippen LogP contribution in [-0.2, 0) is 13.5 Å². The van der Waals surface area contributed by atoms with E-state index in [0.717, 1.165) is 46.3 Å². The van der Waals surface area contributed by atoms with Crippen LogP contribution in [0.25, 0.3) is 21.9 Å². The van der Waals surface area contributed by atoms with Crippen molar-refractivity contribution in [2.24, 2.45) is 7.05 Å². The minimum Gasteiger partial charge on any atom is -0.369 e. The van der Waals surface area contributed by atoms with Crippen molar-refractivity contribution < 1.29 is 0 Å². The van der Waals surface area contributed by atoms with Gasteiger partial charge in [0.05, 0.1) is 17.3 Å². The molecule has 0 saturated heterocycles. The number of aromatic nitrogens is 7. The first kappa shape index (κ1) is 17.5. The Morgan fingerprint density at radius 3 is 2.74 bits per heavy atom. The molecule has 8 nitrogen and oxygen atoms in total. The molecule has 0 amide bonds. The number of hydrogen-bond acceptors (Lipinski definition) is 8. The minimum atomic E-state index is 0.247. The molecule has 0 aliphatic rings. The summed E-state index contributed by atoms with van der Waals surface area (Å²) >= 11 is 1.56. The molecule has 0 unspecified atom stereocenters. The molecular formula is C18H20N8S. The van der Waals surface area contributed by atoms with Crippen LogP contribution in [-0.4, -0.2) is 41.2 Å². The van der Waals surface area contributed by atoms with E-state index in [4.69, 9.17) is 0 Å². The fraction of sp³-hybridized carbons (Fsp3) is 0.333. The molecule has 0 radical (unpaired) electrons. The molecule has 4 aromatic heterocycles. The molecule has 4 aromatic rings. The summed E-state index contributed by atoms with van der Waals surface area (Å²) in [5.41, 5.74) is 1.85. The number of aryl methyl sites for hydroxylation is 1. The van der Waals surface area contributed by atoms with E-state index < -0.39 is 0 Å². The summed E-state index contributed by atoms with van der Waals surface area (Å²) in [4.78, 5) is 22.4. The number of thiazole rings is 1. The summed E-state index contributed by atoms with van der Waals surface area (Å²) in [6.07, 6.45) is 6.04. The topological polar surface area (TPSA) is 94.3 Å². The second kappa shape index (κ2) is 7.36. The van der Waals surface area contributed by atoms with Crippen LogP contribution < -0.4 is 5.32 Å². The fourth-order valence-corrected chi connectivity index (χ4v) is 3.47. The maximum atomic E-state index is 4.68. The molecule has 0 aliphatic carbocycles. The van der Waals surface area contributed by atoms with E-state index in [1.165, 1.54) is 0 Å². The van der Waals surface area contributed by atoms with Crippen molar-refractivity contribution in [1.29, 1.82) is 0 Å². The van der Waals surface area contributed by atoms with Crippen molar-refractivity contribution >= 4 is 28.2 Å². The second-order valence-corrected chi connectivity index (χ2v) is 7.34. The van der Waals surface area contributed by atoms with Crippen LogP contribution in [0.4, 0.5) is 5.82 Å². The largest absolute Gasteiger partial charge is 0.369 e. The normalized spacial score (nSPS) is 11.4. The van der Waals surface area contributed by atoms with E-state index in [2.05, 4.69) is 49.2 Å². The van der Waals surface area contributed by atoms with Gasteiger partial charge in [0.15, 0.2) is 16.5 Å². The van der Waals surface area contributed by atoms with Crippen molar-refractivity contribution in [3.63, 3.8) is 0 Å². The van der Waals surface area contributed by atoms with Crippen molar-refractivity contribution in [2.75, 3.05) is 11.9 Å². The zero-order valence-corrected chi connectivity index (χ0v) is 16.2. The molecule has 0 aromatic carbocycles. The molecule has 0 aliphatic heterocycles. The van der Waals surface area contributed by atoms with Gasteiger partial charge >= 0.3 is 0 Å². The van der Waals surface area contributed by atoms with E-state index in [1.54, 1.807) is 40.7 Å². The summed E-state index contributed by atoms with van der Waals surface area (Å²) in [5, 5.41) is 11.5. The summed E-state index contributed by atoms with van der Waals surface area (Å²) in [6.45, 7) is 4.89. The molecule has 0 saturated carbocycles. The monoisotopic (exact) mass is 380 g/mol. The molecule has 0 spiro atoms. The van der Waals surface area contributed by atoms with Crippen LogP contribution in [0.3, 0.4) is 0 Å². The fourth-order valence-electron chi connectivity index (χ4n) is 2.67. The molecule has 138 valence electrons. The van der Waals surface area contributed by atoms with E-state index in [1.807, 2.05) is 12.4 Å². The van der Waals surface area contributed by atoms with Crippen molar-refractivity contribution in [2.45, 2.75) is 26.2 Å². The molecular weight excluding hydrogens is 360 g/mol. The molecule has 0 atom stereocenters. The molecule has 4 heterocycles. The number of nitrogens with zero attached hydrogens (tertiary/aromatic N) is 7. The van der Waals surface area contributed by atoms with Gasteiger partial charge in [-0.05, 0) is 6.07 Å². The maximum Gasteiger partial charge on any atom is 0.188 e. The Morgan fingerprint density at radius 2 is 1.96 bits per heavy atom. The first-order chi connectivity index (χ1) is 13.1. The number of hydrogen-bond donors (Lipinski definition) is 1. The Labute approximate surface area is 160 Å². The number of nitrogens with one attached hydrogen (secondary N) is 1. The number of anilines is 1. The van der Waals surface area contributed by atoms with Crippen LogP contribution in [0.2, 0.25) is 0 Å². The molecule has 0 bridgehead atoms. The first-order valence-corrected chi connectivity index (χ1v) is 9.65. The molecule has 4 rings (SSSR count). The van der Waals surface area contributed by atoms with Gasteiger partial charge in [-0.25, -0.2) is 24.9 Å². The van der Waals surface area contributed by atoms with Crippen molar-refractivity contribution in [3.8, 4) is 10.8 Å². The van der Waals surface area contributed by atoms with E-state index in [9.17, 15) is 0 Å². The quantitative estimate of drug-likeness (QED) is 0.549. The Balaban J connectivity index is 1.49. The predicted molar refractivity (Wildman–Crippen MR) is 106 cm³/mol. The van der Waals surface area contributed by atoms with Gasteiger partial charge in [0.25, 0.3) is 0 Å². The summed E-state index contributed by atoms with van der Waals surface area (Å²) in [6, 6.07) is 1.80. The Morgan fingerprint density at radius 1 is 1.15 bits per heavy atom. The standard InChI is InChI=1S/C18H20N8S/c1-11(2)14-24-15(13-9-22-26(3)17(13)25-14)21-8-5-12-10-27-18(23-12)16-19-6-4-7-20-16/h4,6-7,9-11H,5,8H2,1-3H3,(H,21,24,25). The summed E-state index contributed by atoms with van der Waals surface area (Å²) in [7, 11) is 1.89. The molecule has 1 N–H and O–H groups in total. The van der Waals surface area contributed by atoms with Gasteiger partial charge in [-0.2, -0.15) is 5.10 Å². The van der Waals surface area contributed by atoms with E-state index >= 15 is 0 Å². The number of fused-ring (bicyclic) bond motifs is 1. The third-order valence-corrected chi connectivity index (χ3v) is 5.00. The zero-order valence-electron chi connectivity index (χ0n) is 15.4. The maximum absolute atomic E-state index is 4.68. The average Bonchev–Trinajstić information content (AvgIpc) is 3.30. The van der Waals surface area contributed by atoms with Gasteiger partial charge in [0.2, 0.25) is 0 Å². The van der Waals surface area contributed by atoms with Gasteiger partial charge < -0.3 is 5.32 Å². The van der Waals surface area contributed by atoms with Gasteiger partial charge in [-0.1, -0.05) is 13.8 Å². The van der Waals surface area contributed by atoms with Crippen LogP contribution >= 0.6 is 11.3 Å². The van der Waals surface area contributed by atoms with Crippen LogP contribution in [0.15, 0.2) is 30.0 Å². The second-order valence-electron chi connectivity index (χ2n) is 6.48. The molecule has 27 heavy (non-hydrogen) atoms. The lowest BCUT2D eigenvalue weighted by atomic mass is 10.2. The Kier molecular flexibility index (Phi) is 4.76. The summed E-state index contributed by atoms with van der Waals surface area (Å²) < 4.78 is 1.78. The van der Waals surface area contributed by atoms with Gasteiger partial charge in [0.1, 0.15) is 11.6 Å². The highest BCUT2D eigenvalue weighted by atomic mass is 32.1. The third-order valence-electron chi connectivity index (χ3n) is 4.11. The van der Waals surface area contributed by atoms with Crippen molar-refractivity contribution in [1.82, 2.24) is 34.7 Å². The third kappa shape index (κ3) is 3.63. The van der Waals surface area contributed by atoms with Gasteiger partial charge in [0, 0.05) is 43.7 Å². The molecule has 0 fully saturated rings. The first-order valence-electron chi connectivity index (χ1n) is 8.77. The van der Waals surface area contributed by atoms with E-state index in [-0.39, 0.29) is 5.92 Å². The Hall–Kier alpha value is -2.94. The summed E-state index contributed by atoms with van der Waals surface area (Å²) in [5.74, 6) is 2.54. The minimum absolute atomic E-state index is 0.247. The van der Waals surface area contributed by atoms with E-state index in [0.29, 0.717) is 5.82 Å². The highest BCUT2D eigenvalue weighted by molar-refractivity contribution is 7.13. The predicted octanol–water partition coefficient (Wildman–Crippen LogP) is 3.05. The van der Waals surface area contributed by atoms with Crippen LogP contribution in [0.5, 0.6) is 0 Å². The lowest BCUT2D eigenvalue weighted by molar-refractivity contribution is 0.752. The number of rotatable bonds is 6. The van der Waals surface area contributed by atoms with Crippen LogP contribution in [0, 0.1) is 0 Å².